The smallest absolute Gasteiger partial charge is 0.00106 e. The lowest BCUT2D eigenvalue weighted by Crippen LogP contribution is -2.37. The van der Waals surface area contributed by atoms with E-state index in [1.54, 1.807) is 0 Å². The lowest BCUT2D eigenvalue weighted by atomic mass is 9.97. The summed E-state index contributed by atoms with van der Waals surface area (Å²) in [4.78, 5) is 2.73. The van der Waals surface area contributed by atoms with Gasteiger partial charge in [-0.2, -0.15) is 0 Å². The van der Waals surface area contributed by atoms with Gasteiger partial charge in [0.05, 0.1) is 0 Å². The molecule has 0 aromatic rings. The number of hydrogen-bond donors (Lipinski definition) is 1. The van der Waals surface area contributed by atoms with Crippen LogP contribution in [0.2, 0.25) is 0 Å². The van der Waals surface area contributed by atoms with E-state index in [4.69, 9.17) is 0 Å². The van der Waals surface area contributed by atoms with Crippen molar-refractivity contribution in [2.75, 3.05) is 32.7 Å². The van der Waals surface area contributed by atoms with Gasteiger partial charge in [0, 0.05) is 6.54 Å². The minimum Gasteiger partial charge on any atom is -0.317 e. The standard InChI is InChI=1S/C16H34N2/c1-14(2)7-11-18(12-8-15(3)4)13-16-5-9-17-10-6-16/h14-17H,5-13H2,1-4H3. The lowest BCUT2D eigenvalue weighted by Gasteiger charge is -2.31. The van der Waals surface area contributed by atoms with Crippen molar-refractivity contribution in [2.24, 2.45) is 17.8 Å². The van der Waals surface area contributed by atoms with Crippen LogP contribution in [0.1, 0.15) is 53.4 Å². The summed E-state index contributed by atoms with van der Waals surface area (Å²) >= 11 is 0. The molecule has 1 fully saturated rings. The highest BCUT2D eigenvalue weighted by molar-refractivity contribution is 4.73. The second kappa shape index (κ2) is 8.92. The number of nitrogens with one attached hydrogen (secondary N) is 1. The Hall–Kier alpha value is -0.0800. The average molecular weight is 254 g/mol. The lowest BCUT2D eigenvalue weighted by molar-refractivity contribution is 0.188. The molecule has 2 nitrogen and oxygen atoms in total. The van der Waals surface area contributed by atoms with Crippen LogP contribution in [0.3, 0.4) is 0 Å². The number of hydrogen-bond acceptors (Lipinski definition) is 2. The Kier molecular flexibility index (Phi) is 7.92. The zero-order valence-corrected chi connectivity index (χ0v) is 13.0. The maximum atomic E-state index is 3.47. The average Bonchev–Trinajstić information content (AvgIpc) is 2.33. The maximum Gasteiger partial charge on any atom is 0.00106 e. The van der Waals surface area contributed by atoms with Gasteiger partial charge in [0.25, 0.3) is 0 Å². The zero-order valence-electron chi connectivity index (χ0n) is 13.0. The Bertz CT molecular complexity index is 183. The molecule has 0 unspecified atom stereocenters. The highest BCUT2D eigenvalue weighted by Gasteiger charge is 2.17. The third-order valence-electron chi connectivity index (χ3n) is 4.02. The second-order valence-corrected chi connectivity index (χ2v) is 6.86. The van der Waals surface area contributed by atoms with Crippen LogP contribution in [0.15, 0.2) is 0 Å². The molecule has 0 bridgehead atoms. The van der Waals surface area contributed by atoms with Gasteiger partial charge in [0.1, 0.15) is 0 Å². The number of rotatable bonds is 8. The molecule has 0 spiro atoms. The third kappa shape index (κ3) is 7.38. The molecule has 1 rings (SSSR count). The molecule has 0 aromatic carbocycles. The number of piperidine rings is 1. The summed E-state index contributed by atoms with van der Waals surface area (Å²) in [6.45, 7) is 15.7. The summed E-state index contributed by atoms with van der Waals surface area (Å²) < 4.78 is 0. The van der Waals surface area contributed by atoms with Crippen molar-refractivity contribution in [3.05, 3.63) is 0 Å². The Labute approximate surface area is 115 Å². The first kappa shape index (κ1) is 16.0. The summed E-state index contributed by atoms with van der Waals surface area (Å²) in [5, 5.41) is 3.47. The van der Waals surface area contributed by atoms with Crippen LogP contribution >= 0.6 is 0 Å². The van der Waals surface area contributed by atoms with Gasteiger partial charge in [-0.05, 0) is 69.6 Å². The monoisotopic (exact) mass is 254 g/mol. The predicted molar refractivity (Wildman–Crippen MR) is 80.9 cm³/mol. The third-order valence-corrected chi connectivity index (χ3v) is 4.02. The maximum absolute atomic E-state index is 3.47. The van der Waals surface area contributed by atoms with Crippen LogP contribution in [-0.4, -0.2) is 37.6 Å². The van der Waals surface area contributed by atoms with Crippen LogP contribution in [-0.2, 0) is 0 Å². The molecule has 1 aliphatic heterocycles. The van der Waals surface area contributed by atoms with Gasteiger partial charge in [0.2, 0.25) is 0 Å². The molecule has 2 heteroatoms. The van der Waals surface area contributed by atoms with E-state index in [9.17, 15) is 0 Å². The van der Waals surface area contributed by atoms with E-state index in [0.29, 0.717) is 0 Å². The Morgan fingerprint density at radius 2 is 1.44 bits per heavy atom. The molecule has 1 saturated heterocycles. The molecule has 18 heavy (non-hydrogen) atoms. The Morgan fingerprint density at radius 1 is 0.944 bits per heavy atom. The van der Waals surface area contributed by atoms with Crippen LogP contribution in [0.25, 0.3) is 0 Å². The van der Waals surface area contributed by atoms with E-state index in [0.717, 1.165) is 17.8 Å². The summed E-state index contributed by atoms with van der Waals surface area (Å²) in [7, 11) is 0. The predicted octanol–water partition coefficient (Wildman–Crippen LogP) is 3.38. The minimum absolute atomic E-state index is 0.833. The Balaban J connectivity index is 2.31. The second-order valence-electron chi connectivity index (χ2n) is 6.86. The van der Waals surface area contributed by atoms with Crippen molar-refractivity contribution < 1.29 is 0 Å². The highest BCUT2D eigenvalue weighted by atomic mass is 15.1. The summed E-state index contributed by atoms with van der Waals surface area (Å²) in [5.41, 5.74) is 0. The van der Waals surface area contributed by atoms with Crippen molar-refractivity contribution in [3.8, 4) is 0 Å². The first-order valence-corrected chi connectivity index (χ1v) is 8.01. The summed E-state index contributed by atoms with van der Waals surface area (Å²) in [6, 6.07) is 0. The zero-order chi connectivity index (χ0) is 13.4. The van der Waals surface area contributed by atoms with E-state index in [1.165, 1.54) is 58.4 Å². The van der Waals surface area contributed by atoms with Gasteiger partial charge < -0.3 is 10.2 Å². The fraction of sp³-hybridized carbons (Fsp3) is 1.00. The summed E-state index contributed by atoms with van der Waals surface area (Å²) in [5.74, 6) is 2.60. The molecule has 108 valence electrons. The largest absolute Gasteiger partial charge is 0.317 e. The van der Waals surface area contributed by atoms with Gasteiger partial charge in [-0.25, -0.2) is 0 Å². The fourth-order valence-corrected chi connectivity index (χ4v) is 2.61. The van der Waals surface area contributed by atoms with E-state index >= 15 is 0 Å². The van der Waals surface area contributed by atoms with Gasteiger partial charge in [-0.15, -0.1) is 0 Å². The van der Waals surface area contributed by atoms with E-state index in [1.807, 2.05) is 0 Å². The SMILES string of the molecule is CC(C)CCN(CCC(C)C)CC1CCNCC1. The van der Waals surface area contributed by atoms with Crippen LogP contribution in [0, 0.1) is 17.8 Å². The molecule has 1 heterocycles. The molecule has 0 saturated carbocycles. The van der Waals surface area contributed by atoms with Gasteiger partial charge in [-0.1, -0.05) is 27.7 Å². The summed E-state index contributed by atoms with van der Waals surface area (Å²) in [6.07, 6.45) is 5.45. The van der Waals surface area contributed by atoms with Crippen LogP contribution < -0.4 is 5.32 Å². The number of nitrogens with zero attached hydrogens (tertiary/aromatic N) is 1. The molecular weight excluding hydrogens is 220 g/mol. The molecule has 0 atom stereocenters. The minimum atomic E-state index is 0.833. The molecule has 1 aliphatic rings. The van der Waals surface area contributed by atoms with Crippen molar-refractivity contribution in [3.63, 3.8) is 0 Å². The Morgan fingerprint density at radius 3 is 1.89 bits per heavy atom. The van der Waals surface area contributed by atoms with Gasteiger partial charge in [-0.3, -0.25) is 0 Å². The van der Waals surface area contributed by atoms with E-state index in [2.05, 4.69) is 37.9 Å². The topological polar surface area (TPSA) is 15.3 Å². The molecule has 0 aromatic heterocycles. The van der Waals surface area contributed by atoms with Gasteiger partial charge in [0.15, 0.2) is 0 Å². The van der Waals surface area contributed by atoms with Crippen molar-refractivity contribution in [1.29, 1.82) is 0 Å². The first-order chi connectivity index (χ1) is 8.58. The molecule has 1 N–H and O–H groups in total. The van der Waals surface area contributed by atoms with E-state index < -0.39 is 0 Å². The molecule has 0 amide bonds. The van der Waals surface area contributed by atoms with E-state index in [-0.39, 0.29) is 0 Å². The molecule has 0 aliphatic carbocycles. The molecular formula is C16H34N2. The van der Waals surface area contributed by atoms with Crippen molar-refractivity contribution in [1.82, 2.24) is 10.2 Å². The van der Waals surface area contributed by atoms with Gasteiger partial charge >= 0.3 is 0 Å². The van der Waals surface area contributed by atoms with Crippen molar-refractivity contribution >= 4 is 0 Å². The highest BCUT2D eigenvalue weighted by Crippen LogP contribution is 2.15. The molecule has 0 radical (unpaired) electrons. The quantitative estimate of drug-likeness (QED) is 0.714. The van der Waals surface area contributed by atoms with Crippen LogP contribution in [0.5, 0.6) is 0 Å². The first-order valence-electron chi connectivity index (χ1n) is 8.01. The fourth-order valence-electron chi connectivity index (χ4n) is 2.61. The van der Waals surface area contributed by atoms with Crippen LogP contribution in [0.4, 0.5) is 0 Å². The normalized spacial score (nSPS) is 18.2. The van der Waals surface area contributed by atoms with Crippen molar-refractivity contribution in [2.45, 2.75) is 53.4 Å².